The van der Waals surface area contributed by atoms with Crippen molar-refractivity contribution in [2.24, 2.45) is 7.05 Å². The SMILES string of the molecule is Cc1cc(Sc2cc(C)nn2C)nc(N)n1. The molecule has 0 aliphatic carbocycles. The summed E-state index contributed by atoms with van der Waals surface area (Å²) < 4.78 is 1.83. The van der Waals surface area contributed by atoms with E-state index in [4.69, 9.17) is 5.73 Å². The minimum absolute atomic E-state index is 0.307. The largest absolute Gasteiger partial charge is 0.368 e. The molecule has 2 rings (SSSR count). The molecule has 0 bridgehead atoms. The Balaban J connectivity index is 2.30. The van der Waals surface area contributed by atoms with Crippen LogP contribution in [0.3, 0.4) is 0 Å². The molecule has 0 atom stereocenters. The number of nitrogen functional groups attached to an aromatic ring is 1. The minimum Gasteiger partial charge on any atom is -0.368 e. The molecule has 0 amide bonds. The monoisotopic (exact) mass is 235 g/mol. The van der Waals surface area contributed by atoms with Gasteiger partial charge in [0.15, 0.2) is 0 Å². The third-order valence-electron chi connectivity index (χ3n) is 2.02. The van der Waals surface area contributed by atoms with Crippen LogP contribution in [0.15, 0.2) is 22.2 Å². The molecule has 2 aromatic heterocycles. The van der Waals surface area contributed by atoms with Gasteiger partial charge in [-0.25, -0.2) is 9.97 Å². The molecule has 0 aliphatic heterocycles. The number of aromatic nitrogens is 4. The van der Waals surface area contributed by atoms with Gasteiger partial charge in [0.2, 0.25) is 5.95 Å². The second-order valence-corrected chi connectivity index (χ2v) is 4.60. The van der Waals surface area contributed by atoms with Crippen molar-refractivity contribution in [3.05, 3.63) is 23.5 Å². The molecule has 0 radical (unpaired) electrons. The van der Waals surface area contributed by atoms with Crippen LogP contribution in [0.4, 0.5) is 5.95 Å². The fraction of sp³-hybridized carbons (Fsp3) is 0.300. The van der Waals surface area contributed by atoms with Crippen molar-refractivity contribution < 1.29 is 0 Å². The number of nitrogens with zero attached hydrogens (tertiary/aromatic N) is 4. The van der Waals surface area contributed by atoms with E-state index in [-0.39, 0.29) is 0 Å². The zero-order valence-electron chi connectivity index (χ0n) is 9.43. The first kappa shape index (κ1) is 10.9. The van der Waals surface area contributed by atoms with Gasteiger partial charge >= 0.3 is 0 Å². The highest BCUT2D eigenvalue weighted by Crippen LogP contribution is 2.26. The van der Waals surface area contributed by atoms with Crippen LogP contribution >= 0.6 is 11.8 Å². The number of rotatable bonds is 2. The van der Waals surface area contributed by atoms with Crippen LogP contribution in [0.2, 0.25) is 0 Å². The molecule has 0 saturated heterocycles. The highest BCUT2D eigenvalue weighted by molar-refractivity contribution is 7.99. The standard InChI is InChI=1S/C10H13N5S/c1-6-4-8(13-10(11)12-6)16-9-5-7(2)14-15(9)3/h4-5H,1-3H3,(H2,11,12,13). The summed E-state index contributed by atoms with van der Waals surface area (Å²) in [6.45, 7) is 3.86. The van der Waals surface area contributed by atoms with Gasteiger partial charge in [0.1, 0.15) is 10.1 Å². The molecule has 0 saturated carbocycles. The van der Waals surface area contributed by atoms with Crippen LogP contribution < -0.4 is 5.73 Å². The van der Waals surface area contributed by atoms with Gasteiger partial charge in [0.05, 0.1) is 5.69 Å². The number of hydrogen-bond donors (Lipinski definition) is 1. The van der Waals surface area contributed by atoms with Crippen molar-refractivity contribution in [3.63, 3.8) is 0 Å². The van der Waals surface area contributed by atoms with Gasteiger partial charge in [-0.1, -0.05) is 11.8 Å². The molecule has 0 spiro atoms. The third kappa shape index (κ3) is 2.33. The van der Waals surface area contributed by atoms with E-state index in [2.05, 4.69) is 15.1 Å². The fourth-order valence-electron chi connectivity index (χ4n) is 1.40. The van der Waals surface area contributed by atoms with Crippen LogP contribution in [0, 0.1) is 13.8 Å². The zero-order valence-corrected chi connectivity index (χ0v) is 10.2. The lowest BCUT2D eigenvalue weighted by molar-refractivity contribution is 0.692. The van der Waals surface area contributed by atoms with Gasteiger partial charge in [-0.15, -0.1) is 0 Å². The highest BCUT2D eigenvalue weighted by atomic mass is 32.2. The molecule has 0 fully saturated rings. The molecule has 0 unspecified atom stereocenters. The van der Waals surface area contributed by atoms with E-state index in [1.54, 1.807) is 0 Å². The molecule has 6 heteroatoms. The van der Waals surface area contributed by atoms with Crippen LogP contribution in [0.25, 0.3) is 0 Å². The maximum absolute atomic E-state index is 5.60. The summed E-state index contributed by atoms with van der Waals surface area (Å²) in [4.78, 5) is 8.20. The minimum atomic E-state index is 0.307. The Morgan fingerprint density at radius 3 is 2.50 bits per heavy atom. The first-order chi connectivity index (χ1) is 7.54. The summed E-state index contributed by atoms with van der Waals surface area (Å²) in [6, 6.07) is 3.92. The molecule has 0 aromatic carbocycles. The van der Waals surface area contributed by atoms with Crippen molar-refractivity contribution in [2.75, 3.05) is 5.73 Å². The van der Waals surface area contributed by atoms with Gasteiger partial charge < -0.3 is 5.73 Å². The Bertz CT molecular complexity index is 500. The van der Waals surface area contributed by atoms with Crippen molar-refractivity contribution in [2.45, 2.75) is 23.9 Å². The Hall–Kier alpha value is -1.56. The highest BCUT2D eigenvalue weighted by Gasteiger charge is 2.06. The fourth-order valence-corrected chi connectivity index (χ4v) is 2.39. The molecule has 0 aliphatic rings. The Labute approximate surface area is 98.1 Å². The Kier molecular flexibility index (Phi) is 2.82. The number of hydrogen-bond acceptors (Lipinski definition) is 5. The predicted octanol–water partition coefficient (Wildman–Crippen LogP) is 1.56. The first-order valence-corrected chi connectivity index (χ1v) is 5.66. The smallest absolute Gasteiger partial charge is 0.221 e. The average Bonchev–Trinajstić information content (AvgIpc) is 2.43. The van der Waals surface area contributed by atoms with Gasteiger partial charge in [0, 0.05) is 12.7 Å². The molecular formula is C10H13N5S. The van der Waals surface area contributed by atoms with Gasteiger partial charge in [0.25, 0.3) is 0 Å². The Morgan fingerprint density at radius 1 is 1.19 bits per heavy atom. The summed E-state index contributed by atoms with van der Waals surface area (Å²) >= 11 is 1.53. The topological polar surface area (TPSA) is 69.6 Å². The summed E-state index contributed by atoms with van der Waals surface area (Å²) in [5, 5.41) is 6.15. The first-order valence-electron chi connectivity index (χ1n) is 4.84. The average molecular weight is 235 g/mol. The molecule has 84 valence electrons. The normalized spacial score (nSPS) is 10.7. The van der Waals surface area contributed by atoms with Crippen LogP contribution in [-0.2, 0) is 7.05 Å². The lowest BCUT2D eigenvalue weighted by atomic mass is 10.5. The van der Waals surface area contributed by atoms with E-state index in [9.17, 15) is 0 Å². The quantitative estimate of drug-likeness (QED) is 0.800. The number of nitrogens with two attached hydrogens (primary N) is 1. The van der Waals surface area contributed by atoms with E-state index >= 15 is 0 Å². The van der Waals surface area contributed by atoms with Crippen LogP contribution in [0.1, 0.15) is 11.4 Å². The molecule has 2 aromatic rings. The zero-order chi connectivity index (χ0) is 11.7. The molecule has 2 heterocycles. The van der Waals surface area contributed by atoms with Gasteiger partial charge in [-0.2, -0.15) is 5.10 Å². The Morgan fingerprint density at radius 2 is 1.94 bits per heavy atom. The lowest BCUT2D eigenvalue weighted by Gasteiger charge is -2.02. The van der Waals surface area contributed by atoms with Gasteiger partial charge in [-0.3, -0.25) is 4.68 Å². The van der Waals surface area contributed by atoms with Crippen molar-refractivity contribution >= 4 is 17.7 Å². The second kappa shape index (κ2) is 4.13. The van der Waals surface area contributed by atoms with Crippen LogP contribution in [0.5, 0.6) is 0 Å². The van der Waals surface area contributed by atoms with Crippen LogP contribution in [-0.4, -0.2) is 19.7 Å². The third-order valence-corrected chi connectivity index (χ3v) is 3.03. The molecule has 16 heavy (non-hydrogen) atoms. The molecule has 2 N–H and O–H groups in total. The van der Waals surface area contributed by atoms with E-state index < -0.39 is 0 Å². The van der Waals surface area contributed by atoms with Gasteiger partial charge in [-0.05, 0) is 26.0 Å². The second-order valence-electron chi connectivity index (χ2n) is 3.56. The van der Waals surface area contributed by atoms with E-state index in [1.807, 2.05) is 37.7 Å². The maximum atomic E-state index is 5.60. The van der Waals surface area contributed by atoms with Crippen molar-refractivity contribution in [1.82, 2.24) is 19.7 Å². The summed E-state index contributed by atoms with van der Waals surface area (Å²) in [5.74, 6) is 0.307. The summed E-state index contributed by atoms with van der Waals surface area (Å²) in [7, 11) is 1.91. The van der Waals surface area contributed by atoms with E-state index in [0.717, 1.165) is 21.4 Å². The number of aryl methyl sites for hydroxylation is 3. The number of anilines is 1. The van der Waals surface area contributed by atoms with Crippen molar-refractivity contribution in [1.29, 1.82) is 0 Å². The molecule has 5 nitrogen and oxygen atoms in total. The van der Waals surface area contributed by atoms with E-state index in [0.29, 0.717) is 5.95 Å². The lowest BCUT2D eigenvalue weighted by Crippen LogP contribution is -1.98. The predicted molar refractivity (Wildman–Crippen MR) is 63.2 cm³/mol. The molecular weight excluding hydrogens is 222 g/mol. The summed E-state index contributed by atoms with van der Waals surface area (Å²) in [5.41, 5.74) is 7.46. The summed E-state index contributed by atoms with van der Waals surface area (Å²) in [6.07, 6.45) is 0. The van der Waals surface area contributed by atoms with Crippen molar-refractivity contribution in [3.8, 4) is 0 Å². The maximum Gasteiger partial charge on any atom is 0.221 e. The van der Waals surface area contributed by atoms with E-state index in [1.165, 1.54) is 11.8 Å².